The summed E-state index contributed by atoms with van der Waals surface area (Å²) in [5.74, 6) is 0. The summed E-state index contributed by atoms with van der Waals surface area (Å²) in [6.07, 6.45) is -1.11. The molecule has 2 atom stereocenters. The zero-order valence-electron chi connectivity index (χ0n) is 11.8. The van der Waals surface area contributed by atoms with Crippen LogP contribution in [0.1, 0.15) is 0 Å². The smallest absolute Gasteiger partial charge is 0.274 e. The molecule has 1 saturated heterocycles. The number of aliphatic hydroxyl groups is 3. The lowest BCUT2D eigenvalue weighted by Gasteiger charge is -2.22. The Morgan fingerprint density at radius 2 is 1.84 bits per heavy atom. The van der Waals surface area contributed by atoms with E-state index in [1.54, 1.807) is 0 Å². The van der Waals surface area contributed by atoms with Crippen molar-refractivity contribution in [3.8, 4) is 0 Å². The van der Waals surface area contributed by atoms with E-state index >= 15 is 0 Å². The first-order valence-corrected chi connectivity index (χ1v) is 7.45. The van der Waals surface area contributed by atoms with Crippen molar-refractivity contribution in [1.82, 2.24) is 0 Å². The molecular formula is C11H25NO6P+. The van der Waals surface area contributed by atoms with E-state index in [1.165, 1.54) is 0 Å². The minimum Gasteiger partial charge on any atom is -0.628 e. The third-order valence-electron chi connectivity index (χ3n) is 2.03. The lowest BCUT2D eigenvalue weighted by Crippen LogP contribution is -2.40. The standard InChI is InChI=1S/C8H18NO4P.C3H6O2/c1-9(2,3)4-8(12)14(13)6-7(11)5-10;1-2-5-3-4-1/h7,10-11H,4-6H2,1-3H3;1-3H2/p+1. The number of quaternary nitrogens is 1. The van der Waals surface area contributed by atoms with Gasteiger partial charge in [0, 0.05) is 0 Å². The van der Waals surface area contributed by atoms with Gasteiger partial charge in [0.05, 0.1) is 48.7 Å². The highest BCUT2D eigenvalue weighted by atomic mass is 31.1. The van der Waals surface area contributed by atoms with Gasteiger partial charge in [0.15, 0.2) is 6.54 Å². The molecule has 0 aromatic heterocycles. The van der Waals surface area contributed by atoms with E-state index in [2.05, 4.69) is 0 Å². The highest BCUT2D eigenvalue weighted by molar-refractivity contribution is 7.51. The van der Waals surface area contributed by atoms with E-state index in [-0.39, 0.29) is 18.2 Å². The summed E-state index contributed by atoms with van der Waals surface area (Å²) in [5.41, 5.74) is -0.111. The first kappa shape index (κ1) is 18.9. The molecule has 0 radical (unpaired) electrons. The Hall–Kier alpha value is -0.110. The summed E-state index contributed by atoms with van der Waals surface area (Å²) < 4.78 is 9.92. The molecule has 1 aliphatic rings. The van der Waals surface area contributed by atoms with Gasteiger partial charge in [-0.25, -0.2) is 0 Å². The fourth-order valence-corrected chi connectivity index (χ4v) is 2.44. The van der Waals surface area contributed by atoms with Gasteiger partial charge in [-0.2, -0.15) is 0 Å². The van der Waals surface area contributed by atoms with Crippen molar-refractivity contribution in [1.29, 1.82) is 0 Å². The van der Waals surface area contributed by atoms with Gasteiger partial charge in [-0.15, -0.1) is 0 Å². The maximum absolute atomic E-state index is 11.4. The maximum atomic E-state index is 11.4. The van der Waals surface area contributed by atoms with Gasteiger partial charge in [0.1, 0.15) is 19.1 Å². The molecule has 2 unspecified atom stereocenters. The van der Waals surface area contributed by atoms with Crippen molar-refractivity contribution in [2.75, 3.05) is 60.5 Å². The summed E-state index contributed by atoms with van der Waals surface area (Å²) in [7, 11) is 3.63. The van der Waals surface area contributed by atoms with E-state index < -0.39 is 20.5 Å². The minimum absolute atomic E-state index is 0.0856. The Morgan fingerprint density at radius 1 is 1.32 bits per heavy atom. The van der Waals surface area contributed by atoms with Crippen LogP contribution in [-0.2, 0) is 9.47 Å². The summed E-state index contributed by atoms with van der Waals surface area (Å²) in [4.78, 5) is 11.4. The lowest BCUT2D eigenvalue weighted by molar-refractivity contribution is -0.861. The Bertz CT molecular complexity index is 267. The molecule has 1 rings (SSSR count). The monoisotopic (exact) mass is 298 g/mol. The van der Waals surface area contributed by atoms with Gasteiger partial charge in [-0.05, 0) is 0 Å². The van der Waals surface area contributed by atoms with Crippen LogP contribution in [0.2, 0.25) is 0 Å². The van der Waals surface area contributed by atoms with Crippen molar-refractivity contribution in [3.05, 3.63) is 0 Å². The van der Waals surface area contributed by atoms with E-state index in [4.69, 9.17) is 19.7 Å². The van der Waals surface area contributed by atoms with E-state index in [0.717, 1.165) is 13.2 Å². The second-order valence-corrected chi connectivity index (χ2v) is 6.83. The van der Waals surface area contributed by atoms with Crippen LogP contribution in [0.4, 0.5) is 0 Å². The molecule has 1 fully saturated rings. The maximum Gasteiger partial charge on any atom is 0.274 e. The Morgan fingerprint density at radius 3 is 2.16 bits per heavy atom. The number of likely N-dealkylation sites (N-methyl/N-ethyl adjacent to an activating group) is 1. The molecule has 0 amide bonds. The number of ether oxygens (including phenoxy) is 2. The Kier molecular flexibility index (Phi) is 9.68. The Labute approximate surface area is 115 Å². The summed E-state index contributed by atoms with van der Waals surface area (Å²) in [6.45, 7) is 1.91. The van der Waals surface area contributed by atoms with E-state index in [1.807, 2.05) is 21.1 Å². The predicted molar refractivity (Wildman–Crippen MR) is 71.5 cm³/mol. The molecule has 19 heavy (non-hydrogen) atoms. The molecule has 0 aromatic carbocycles. The molecular weight excluding hydrogens is 273 g/mol. The molecule has 0 saturated carbocycles. The third kappa shape index (κ3) is 11.4. The number of rotatable bonds is 5. The van der Waals surface area contributed by atoms with Crippen LogP contribution in [0.3, 0.4) is 0 Å². The average Bonchev–Trinajstić information content (AvgIpc) is 2.84. The quantitative estimate of drug-likeness (QED) is 0.413. The molecule has 3 N–H and O–H groups in total. The van der Waals surface area contributed by atoms with Crippen LogP contribution in [0.25, 0.3) is 0 Å². The van der Waals surface area contributed by atoms with Crippen LogP contribution in [0.5, 0.6) is 0 Å². The third-order valence-corrected chi connectivity index (χ3v) is 3.50. The van der Waals surface area contributed by atoms with Gasteiger partial charge in [0.25, 0.3) is 5.48 Å². The van der Waals surface area contributed by atoms with Gasteiger partial charge in [0.2, 0.25) is 0 Å². The van der Waals surface area contributed by atoms with Gasteiger partial charge in [-0.3, -0.25) is 0 Å². The number of aliphatic hydroxyl groups excluding tert-OH is 3. The molecule has 1 aliphatic heterocycles. The van der Waals surface area contributed by atoms with Gasteiger partial charge in [-0.1, -0.05) is 0 Å². The second-order valence-electron chi connectivity index (χ2n) is 5.20. The lowest BCUT2D eigenvalue weighted by atomic mass is 10.4. The first-order valence-electron chi connectivity index (χ1n) is 6.00. The fraction of sp³-hybridized carbons (Fsp3) is 0.909. The predicted octanol–water partition coefficient (Wildman–Crippen LogP) is -1.70. The summed E-state index contributed by atoms with van der Waals surface area (Å²) in [5, 5.41) is 27.0. The molecule has 0 aromatic rings. The summed E-state index contributed by atoms with van der Waals surface area (Å²) in [6, 6.07) is 0. The zero-order chi connectivity index (χ0) is 14.9. The molecule has 1 heterocycles. The summed E-state index contributed by atoms with van der Waals surface area (Å²) >= 11 is 0. The number of nitrogens with zero attached hydrogens (tertiary/aromatic N) is 1. The van der Waals surface area contributed by atoms with Crippen LogP contribution in [0, 0.1) is 0 Å². The van der Waals surface area contributed by atoms with Crippen molar-refractivity contribution >= 4 is 13.3 Å². The normalized spacial score (nSPS) is 18.5. The minimum atomic E-state index is -1.95. The van der Waals surface area contributed by atoms with E-state index in [9.17, 15) is 10.00 Å². The molecule has 8 heteroatoms. The topological polar surface area (TPSA) is 102 Å². The number of hydrogen-bond donors (Lipinski definition) is 3. The van der Waals surface area contributed by atoms with Gasteiger partial charge >= 0.3 is 0 Å². The second kappa shape index (κ2) is 9.74. The molecule has 7 nitrogen and oxygen atoms in total. The number of hydrogen-bond acceptors (Lipinski definition) is 5. The van der Waals surface area contributed by atoms with Crippen LogP contribution in [-0.4, -0.2) is 91.8 Å². The van der Waals surface area contributed by atoms with Crippen molar-refractivity contribution < 1.29 is 34.2 Å². The molecule has 0 bridgehead atoms. The Balaban J connectivity index is 0.000000532. The SMILES string of the molecule is C1COCO1.C[N+](C)(C)C/C(O)=[P+](\[O-])CC(O)CO. The van der Waals surface area contributed by atoms with Crippen LogP contribution < -0.4 is 4.89 Å². The average molecular weight is 298 g/mol. The van der Waals surface area contributed by atoms with Gasteiger partial charge < -0.3 is 34.2 Å². The van der Waals surface area contributed by atoms with Crippen molar-refractivity contribution in [2.45, 2.75) is 6.10 Å². The van der Waals surface area contributed by atoms with Crippen molar-refractivity contribution in [2.24, 2.45) is 0 Å². The highest BCUT2D eigenvalue weighted by Crippen LogP contribution is 2.15. The molecule has 0 spiro atoms. The largest absolute Gasteiger partial charge is 0.628 e. The first-order chi connectivity index (χ1) is 8.76. The molecule has 114 valence electrons. The zero-order valence-corrected chi connectivity index (χ0v) is 12.7. The van der Waals surface area contributed by atoms with E-state index in [0.29, 0.717) is 11.3 Å². The van der Waals surface area contributed by atoms with Crippen molar-refractivity contribution in [3.63, 3.8) is 0 Å². The fourth-order valence-electron chi connectivity index (χ4n) is 1.15. The highest BCUT2D eigenvalue weighted by Gasteiger charge is 2.19. The van der Waals surface area contributed by atoms with Crippen LogP contribution >= 0.6 is 7.77 Å². The molecule has 0 aliphatic carbocycles. The van der Waals surface area contributed by atoms with Crippen LogP contribution in [0.15, 0.2) is 0 Å².